The SMILES string of the molecule is Cc1ccc(C#N)c(NCCC(=O)O)n1. The molecule has 0 aliphatic carbocycles. The molecule has 0 radical (unpaired) electrons. The minimum absolute atomic E-state index is 0.000487. The van der Waals surface area contributed by atoms with Crippen LogP contribution in [0.2, 0.25) is 0 Å². The molecule has 0 unspecified atom stereocenters. The van der Waals surface area contributed by atoms with E-state index in [-0.39, 0.29) is 13.0 Å². The van der Waals surface area contributed by atoms with Crippen LogP contribution < -0.4 is 5.32 Å². The highest BCUT2D eigenvalue weighted by Gasteiger charge is 2.04. The smallest absolute Gasteiger partial charge is 0.305 e. The quantitative estimate of drug-likeness (QED) is 0.770. The molecule has 1 rings (SSSR count). The van der Waals surface area contributed by atoms with E-state index < -0.39 is 5.97 Å². The Balaban J connectivity index is 2.71. The Kier molecular flexibility index (Phi) is 3.63. The molecule has 0 aromatic carbocycles. The van der Waals surface area contributed by atoms with Gasteiger partial charge in [0, 0.05) is 12.2 Å². The number of nitrogens with zero attached hydrogens (tertiary/aromatic N) is 2. The van der Waals surface area contributed by atoms with Gasteiger partial charge >= 0.3 is 5.97 Å². The maximum Gasteiger partial charge on any atom is 0.305 e. The fourth-order valence-corrected chi connectivity index (χ4v) is 1.07. The summed E-state index contributed by atoms with van der Waals surface area (Å²) < 4.78 is 0. The number of aromatic nitrogens is 1. The number of anilines is 1. The van der Waals surface area contributed by atoms with E-state index >= 15 is 0 Å². The molecule has 78 valence electrons. The molecule has 0 atom stereocenters. The van der Waals surface area contributed by atoms with Gasteiger partial charge in [-0.25, -0.2) is 4.98 Å². The van der Waals surface area contributed by atoms with Crippen LogP contribution in [0.25, 0.3) is 0 Å². The molecule has 1 heterocycles. The molecule has 15 heavy (non-hydrogen) atoms. The first-order chi connectivity index (χ1) is 7.13. The number of nitriles is 1. The van der Waals surface area contributed by atoms with E-state index in [1.807, 2.05) is 13.0 Å². The molecular formula is C10H11N3O2. The summed E-state index contributed by atoms with van der Waals surface area (Å²) in [6, 6.07) is 5.38. The summed E-state index contributed by atoms with van der Waals surface area (Å²) in [6.07, 6.45) is 0.000487. The molecule has 1 aromatic heterocycles. The van der Waals surface area contributed by atoms with E-state index in [1.54, 1.807) is 12.1 Å². The number of pyridine rings is 1. The van der Waals surface area contributed by atoms with Crippen LogP contribution in [-0.4, -0.2) is 22.6 Å². The van der Waals surface area contributed by atoms with Gasteiger partial charge in [0.15, 0.2) is 0 Å². The van der Waals surface area contributed by atoms with Crippen LogP contribution >= 0.6 is 0 Å². The lowest BCUT2D eigenvalue weighted by Crippen LogP contribution is -2.10. The Morgan fingerprint density at radius 2 is 2.40 bits per heavy atom. The van der Waals surface area contributed by atoms with Gasteiger partial charge in [-0.2, -0.15) is 5.26 Å². The van der Waals surface area contributed by atoms with E-state index in [9.17, 15) is 4.79 Å². The van der Waals surface area contributed by atoms with Gasteiger partial charge < -0.3 is 10.4 Å². The number of rotatable bonds is 4. The summed E-state index contributed by atoms with van der Waals surface area (Å²) in [5.41, 5.74) is 1.21. The fourth-order valence-electron chi connectivity index (χ4n) is 1.07. The van der Waals surface area contributed by atoms with Crippen molar-refractivity contribution in [1.82, 2.24) is 4.98 Å². The van der Waals surface area contributed by atoms with Crippen LogP contribution in [0.1, 0.15) is 17.7 Å². The predicted octanol–water partition coefficient (Wildman–Crippen LogP) is 1.15. The maximum atomic E-state index is 10.3. The highest BCUT2D eigenvalue weighted by Crippen LogP contribution is 2.11. The first-order valence-electron chi connectivity index (χ1n) is 4.47. The zero-order chi connectivity index (χ0) is 11.3. The van der Waals surface area contributed by atoms with Crippen molar-refractivity contribution in [3.05, 3.63) is 23.4 Å². The second kappa shape index (κ2) is 4.96. The summed E-state index contributed by atoms with van der Waals surface area (Å²) >= 11 is 0. The second-order valence-electron chi connectivity index (χ2n) is 3.03. The summed E-state index contributed by atoms with van der Waals surface area (Å²) in [5.74, 6) is -0.438. The van der Waals surface area contributed by atoms with E-state index in [2.05, 4.69) is 10.3 Å². The molecule has 0 saturated heterocycles. The highest BCUT2D eigenvalue weighted by molar-refractivity contribution is 5.67. The van der Waals surface area contributed by atoms with Crippen LogP contribution in [0.5, 0.6) is 0 Å². The lowest BCUT2D eigenvalue weighted by molar-refractivity contribution is -0.136. The van der Waals surface area contributed by atoms with Crippen molar-refractivity contribution in [1.29, 1.82) is 5.26 Å². The van der Waals surface area contributed by atoms with Gasteiger partial charge in [-0.1, -0.05) is 0 Å². The van der Waals surface area contributed by atoms with Crippen molar-refractivity contribution in [2.45, 2.75) is 13.3 Å². The number of aryl methyl sites for hydroxylation is 1. The zero-order valence-electron chi connectivity index (χ0n) is 8.32. The van der Waals surface area contributed by atoms with Crippen LogP contribution in [-0.2, 0) is 4.79 Å². The van der Waals surface area contributed by atoms with Crippen LogP contribution in [0.4, 0.5) is 5.82 Å². The molecule has 0 aliphatic heterocycles. The van der Waals surface area contributed by atoms with Gasteiger partial charge in [-0.3, -0.25) is 4.79 Å². The second-order valence-corrected chi connectivity index (χ2v) is 3.03. The third kappa shape index (κ3) is 3.27. The number of carboxylic acids is 1. The molecule has 0 spiro atoms. The summed E-state index contributed by atoms with van der Waals surface area (Å²) in [5, 5.41) is 20.0. The van der Waals surface area contributed by atoms with Gasteiger partial charge in [0.25, 0.3) is 0 Å². The Labute approximate surface area is 87.4 Å². The fraction of sp³-hybridized carbons (Fsp3) is 0.300. The van der Waals surface area contributed by atoms with Crippen LogP contribution in [0.15, 0.2) is 12.1 Å². The van der Waals surface area contributed by atoms with Gasteiger partial charge in [0.2, 0.25) is 0 Å². The van der Waals surface area contributed by atoms with Crippen molar-refractivity contribution in [3.63, 3.8) is 0 Å². The molecule has 5 heteroatoms. The van der Waals surface area contributed by atoms with Crippen LogP contribution in [0, 0.1) is 18.3 Å². The molecule has 0 amide bonds. The van der Waals surface area contributed by atoms with Crippen molar-refractivity contribution in [2.75, 3.05) is 11.9 Å². The average molecular weight is 205 g/mol. The minimum Gasteiger partial charge on any atom is -0.481 e. The predicted molar refractivity (Wildman–Crippen MR) is 54.4 cm³/mol. The van der Waals surface area contributed by atoms with Gasteiger partial charge in [0.1, 0.15) is 11.9 Å². The minimum atomic E-state index is -0.881. The highest BCUT2D eigenvalue weighted by atomic mass is 16.4. The third-order valence-electron chi connectivity index (χ3n) is 1.79. The monoisotopic (exact) mass is 205 g/mol. The average Bonchev–Trinajstić information content (AvgIpc) is 2.17. The molecule has 0 bridgehead atoms. The van der Waals surface area contributed by atoms with Crippen molar-refractivity contribution in [2.24, 2.45) is 0 Å². The first kappa shape index (κ1) is 11.0. The molecule has 1 aromatic rings. The topological polar surface area (TPSA) is 86.0 Å². The van der Waals surface area contributed by atoms with Crippen molar-refractivity contribution in [3.8, 4) is 6.07 Å². The number of carbonyl (C=O) groups is 1. The Morgan fingerprint density at radius 1 is 1.67 bits per heavy atom. The summed E-state index contributed by atoms with van der Waals surface area (Å²) in [7, 11) is 0. The van der Waals surface area contributed by atoms with E-state index in [0.717, 1.165) is 5.69 Å². The number of carboxylic acid groups (broad SMARTS) is 1. The van der Waals surface area contributed by atoms with E-state index in [4.69, 9.17) is 10.4 Å². The number of nitrogens with one attached hydrogen (secondary N) is 1. The third-order valence-corrected chi connectivity index (χ3v) is 1.79. The molecule has 2 N–H and O–H groups in total. The van der Waals surface area contributed by atoms with Crippen molar-refractivity contribution >= 4 is 11.8 Å². The molecule has 0 fully saturated rings. The maximum absolute atomic E-state index is 10.3. The first-order valence-corrected chi connectivity index (χ1v) is 4.47. The van der Waals surface area contributed by atoms with Gasteiger partial charge in [0.05, 0.1) is 12.0 Å². The Hall–Kier alpha value is -2.09. The largest absolute Gasteiger partial charge is 0.481 e. The van der Waals surface area contributed by atoms with Crippen LogP contribution in [0.3, 0.4) is 0 Å². The zero-order valence-corrected chi connectivity index (χ0v) is 8.32. The molecular weight excluding hydrogens is 194 g/mol. The lowest BCUT2D eigenvalue weighted by Gasteiger charge is -2.06. The van der Waals surface area contributed by atoms with E-state index in [0.29, 0.717) is 11.4 Å². The van der Waals surface area contributed by atoms with E-state index in [1.165, 1.54) is 0 Å². The standard InChI is InChI=1S/C10H11N3O2/c1-7-2-3-8(6-11)10(13-7)12-5-4-9(14)15/h2-3H,4-5H2,1H3,(H,12,13)(H,14,15). The number of hydrogen-bond donors (Lipinski definition) is 2. The normalized spacial score (nSPS) is 9.33. The summed E-state index contributed by atoms with van der Waals surface area (Å²) in [4.78, 5) is 14.4. The summed E-state index contributed by atoms with van der Waals surface area (Å²) in [6.45, 7) is 2.07. The van der Waals surface area contributed by atoms with Crippen molar-refractivity contribution < 1.29 is 9.90 Å². The number of hydrogen-bond acceptors (Lipinski definition) is 4. The number of aliphatic carboxylic acids is 1. The Morgan fingerprint density at radius 3 is 3.00 bits per heavy atom. The van der Waals surface area contributed by atoms with Gasteiger partial charge in [-0.15, -0.1) is 0 Å². The Bertz CT molecular complexity index is 410. The molecule has 0 saturated carbocycles. The molecule has 0 aliphatic rings. The lowest BCUT2D eigenvalue weighted by atomic mass is 10.2. The molecule has 5 nitrogen and oxygen atoms in total. The van der Waals surface area contributed by atoms with Gasteiger partial charge in [-0.05, 0) is 19.1 Å².